The molecule has 3 rings (SSSR count). The summed E-state index contributed by atoms with van der Waals surface area (Å²) in [6, 6.07) is 5.39. The van der Waals surface area contributed by atoms with E-state index in [1.54, 1.807) is 20.8 Å². The molecule has 5 nitrogen and oxygen atoms in total. The number of fused-ring (bicyclic) bond motifs is 1. The van der Waals surface area contributed by atoms with Crippen LogP contribution in [0.25, 0.3) is 0 Å². The Balaban J connectivity index is 1.93. The molecule has 1 aliphatic rings. The van der Waals surface area contributed by atoms with Crippen molar-refractivity contribution in [2.75, 3.05) is 6.54 Å². The third-order valence-electron chi connectivity index (χ3n) is 4.31. The number of hydrogen-bond donors (Lipinski definition) is 0. The molecular formula is C20H21F4N3O2. The molecule has 0 radical (unpaired) electrons. The number of ether oxygens (including phenoxy) is 1. The predicted octanol–water partition coefficient (Wildman–Crippen LogP) is 4.52. The SMILES string of the molecule is CC(C)(C)OC(=O)N1CCc2c(nc(Cc3ccc(F)cc3)nc2C(F)(F)F)C1. The van der Waals surface area contributed by atoms with Gasteiger partial charge in [0.25, 0.3) is 0 Å². The van der Waals surface area contributed by atoms with Crippen LogP contribution in [0, 0.1) is 5.82 Å². The lowest BCUT2D eigenvalue weighted by molar-refractivity contribution is -0.142. The van der Waals surface area contributed by atoms with E-state index in [1.165, 1.54) is 29.2 Å². The Bertz CT molecular complexity index is 906. The lowest BCUT2D eigenvalue weighted by Crippen LogP contribution is -2.41. The number of halogens is 4. The van der Waals surface area contributed by atoms with Crippen molar-refractivity contribution < 1.29 is 27.1 Å². The van der Waals surface area contributed by atoms with Crippen LogP contribution in [0.5, 0.6) is 0 Å². The molecule has 29 heavy (non-hydrogen) atoms. The molecule has 1 aromatic carbocycles. The number of carbonyl (C=O) groups is 1. The van der Waals surface area contributed by atoms with E-state index >= 15 is 0 Å². The third kappa shape index (κ3) is 5.21. The summed E-state index contributed by atoms with van der Waals surface area (Å²) in [5.74, 6) is -0.474. The number of nitrogens with zero attached hydrogens (tertiary/aromatic N) is 3. The Morgan fingerprint density at radius 1 is 1.14 bits per heavy atom. The number of benzene rings is 1. The van der Waals surface area contributed by atoms with Crippen LogP contribution in [0.3, 0.4) is 0 Å². The van der Waals surface area contributed by atoms with Gasteiger partial charge in [0.1, 0.15) is 17.2 Å². The van der Waals surface area contributed by atoms with Crippen molar-refractivity contribution in [1.82, 2.24) is 14.9 Å². The Labute approximate surface area is 165 Å². The van der Waals surface area contributed by atoms with Gasteiger partial charge in [-0.2, -0.15) is 13.2 Å². The van der Waals surface area contributed by atoms with Gasteiger partial charge in [-0.1, -0.05) is 12.1 Å². The van der Waals surface area contributed by atoms with Gasteiger partial charge in [-0.15, -0.1) is 0 Å². The zero-order valence-electron chi connectivity index (χ0n) is 16.3. The van der Waals surface area contributed by atoms with E-state index in [9.17, 15) is 22.4 Å². The van der Waals surface area contributed by atoms with Crippen LogP contribution in [0.2, 0.25) is 0 Å². The molecule has 0 aliphatic carbocycles. The highest BCUT2D eigenvalue weighted by Gasteiger charge is 2.39. The first kappa shape index (κ1) is 21.0. The number of alkyl halides is 3. The summed E-state index contributed by atoms with van der Waals surface area (Å²) in [4.78, 5) is 21.7. The Kier molecular flexibility index (Phi) is 5.51. The minimum atomic E-state index is -4.64. The molecule has 1 aromatic heterocycles. The maximum Gasteiger partial charge on any atom is 0.433 e. The van der Waals surface area contributed by atoms with Crippen molar-refractivity contribution in [3.05, 3.63) is 58.4 Å². The molecule has 0 atom stereocenters. The van der Waals surface area contributed by atoms with Gasteiger partial charge in [-0.25, -0.2) is 19.2 Å². The summed E-state index contributed by atoms with van der Waals surface area (Å²) < 4.78 is 59.1. The highest BCUT2D eigenvalue weighted by molar-refractivity contribution is 5.68. The van der Waals surface area contributed by atoms with Crippen LogP contribution in [-0.4, -0.2) is 33.1 Å². The molecule has 2 aromatic rings. The van der Waals surface area contributed by atoms with E-state index in [0.717, 1.165) is 0 Å². The molecule has 0 unspecified atom stereocenters. The summed E-state index contributed by atoms with van der Waals surface area (Å²) in [6.45, 7) is 5.15. The molecule has 1 aliphatic heterocycles. The summed E-state index contributed by atoms with van der Waals surface area (Å²) in [6.07, 6.45) is -5.24. The molecule has 0 spiro atoms. The van der Waals surface area contributed by atoms with E-state index in [4.69, 9.17) is 4.74 Å². The molecule has 156 valence electrons. The Morgan fingerprint density at radius 3 is 2.38 bits per heavy atom. The summed E-state index contributed by atoms with van der Waals surface area (Å²) in [7, 11) is 0. The molecule has 0 fully saturated rings. The summed E-state index contributed by atoms with van der Waals surface area (Å²) in [5.41, 5.74) is -0.960. The van der Waals surface area contributed by atoms with Gasteiger partial charge in [0.15, 0.2) is 5.69 Å². The van der Waals surface area contributed by atoms with Crippen LogP contribution in [-0.2, 0) is 30.3 Å². The first-order valence-electron chi connectivity index (χ1n) is 9.10. The van der Waals surface area contributed by atoms with Crippen molar-refractivity contribution in [2.45, 2.75) is 51.9 Å². The number of rotatable bonds is 2. The van der Waals surface area contributed by atoms with Gasteiger partial charge in [0.05, 0.1) is 12.2 Å². The first-order chi connectivity index (χ1) is 13.4. The normalized spacial score (nSPS) is 14.5. The van der Waals surface area contributed by atoms with Crippen molar-refractivity contribution in [2.24, 2.45) is 0 Å². The fourth-order valence-corrected chi connectivity index (χ4v) is 3.06. The second kappa shape index (κ2) is 7.61. The van der Waals surface area contributed by atoms with Gasteiger partial charge in [-0.05, 0) is 44.9 Å². The second-order valence-corrected chi connectivity index (χ2v) is 7.87. The van der Waals surface area contributed by atoms with Gasteiger partial charge in [0, 0.05) is 18.5 Å². The van der Waals surface area contributed by atoms with E-state index in [-0.39, 0.29) is 43.0 Å². The smallest absolute Gasteiger partial charge is 0.433 e. The molecule has 0 bridgehead atoms. The maximum atomic E-state index is 13.6. The van der Waals surface area contributed by atoms with Crippen LogP contribution in [0.1, 0.15) is 49.1 Å². The van der Waals surface area contributed by atoms with Crippen molar-refractivity contribution in [3.8, 4) is 0 Å². The molecule has 0 saturated heterocycles. The van der Waals surface area contributed by atoms with Crippen LogP contribution in [0.15, 0.2) is 24.3 Å². The van der Waals surface area contributed by atoms with Crippen molar-refractivity contribution in [1.29, 1.82) is 0 Å². The highest BCUT2D eigenvalue weighted by Crippen LogP contribution is 2.34. The number of amides is 1. The standard InChI is InChI=1S/C20H21F4N3O2/c1-19(2,3)29-18(28)27-9-8-14-15(11-27)25-16(26-17(14)20(22,23)24)10-12-4-6-13(21)7-5-12/h4-7H,8-11H2,1-3H3. The number of aromatic nitrogens is 2. The molecule has 0 N–H and O–H groups in total. The quantitative estimate of drug-likeness (QED) is 0.682. The third-order valence-corrected chi connectivity index (χ3v) is 4.31. The van der Waals surface area contributed by atoms with Crippen molar-refractivity contribution in [3.63, 3.8) is 0 Å². The van der Waals surface area contributed by atoms with Crippen LogP contribution < -0.4 is 0 Å². The lowest BCUT2D eigenvalue weighted by Gasteiger charge is -2.31. The summed E-state index contributed by atoms with van der Waals surface area (Å²) >= 11 is 0. The highest BCUT2D eigenvalue weighted by atomic mass is 19.4. The monoisotopic (exact) mass is 411 g/mol. The van der Waals surface area contributed by atoms with Gasteiger partial charge >= 0.3 is 12.3 Å². The number of carbonyl (C=O) groups excluding carboxylic acids is 1. The minimum Gasteiger partial charge on any atom is -0.444 e. The predicted molar refractivity (Wildman–Crippen MR) is 96.6 cm³/mol. The summed E-state index contributed by atoms with van der Waals surface area (Å²) in [5, 5.41) is 0. The van der Waals surface area contributed by atoms with Gasteiger partial charge < -0.3 is 9.64 Å². The Morgan fingerprint density at radius 2 is 1.79 bits per heavy atom. The zero-order chi connectivity index (χ0) is 21.4. The lowest BCUT2D eigenvalue weighted by atomic mass is 10.0. The second-order valence-electron chi connectivity index (χ2n) is 7.87. The van der Waals surface area contributed by atoms with Crippen LogP contribution >= 0.6 is 0 Å². The van der Waals surface area contributed by atoms with E-state index in [2.05, 4.69) is 9.97 Å². The molecule has 2 heterocycles. The minimum absolute atomic E-state index is 0.000153. The van der Waals surface area contributed by atoms with Gasteiger partial charge in [-0.3, -0.25) is 0 Å². The van der Waals surface area contributed by atoms with Gasteiger partial charge in [0.2, 0.25) is 0 Å². The molecule has 0 saturated carbocycles. The van der Waals surface area contributed by atoms with E-state index < -0.39 is 29.4 Å². The van der Waals surface area contributed by atoms with E-state index in [1.807, 2.05) is 0 Å². The van der Waals surface area contributed by atoms with E-state index in [0.29, 0.717) is 5.56 Å². The fourth-order valence-electron chi connectivity index (χ4n) is 3.06. The average molecular weight is 411 g/mol. The largest absolute Gasteiger partial charge is 0.444 e. The van der Waals surface area contributed by atoms with Crippen LogP contribution in [0.4, 0.5) is 22.4 Å². The molecular weight excluding hydrogens is 390 g/mol. The average Bonchev–Trinajstić information content (AvgIpc) is 2.60. The Hall–Kier alpha value is -2.71. The molecule has 1 amide bonds. The fraction of sp³-hybridized carbons (Fsp3) is 0.450. The zero-order valence-corrected chi connectivity index (χ0v) is 16.3. The topological polar surface area (TPSA) is 55.3 Å². The molecule has 9 heteroatoms. The number of hydrogen-bond acceptors (Lipinski definition) is 4. The first-order valence-corrected chi connectivity index (χ1v) is 9.10. The van der Waals surface area contributed by atoms with Crippen molar-refractivity contribution >= 4 is 6.09 Å². The maximum absolute atomic E-state index is 13.6.